The van der Waals surface area contributed by atoms with Gasteiger partial charge >= 0.3 is 0 Å². The summed E-state index contributed by atoms with van der Waals surface area (Å²) < 4.78 is 1.88. The lowest BCUT2D eigenvalue weighted by Crippen LogP contribution is -2.41. The molecule has 6 heteroatoms. The van der Waals surface area contributed by atoms with Gasteiger partial charge in [-0.25, -0.2) is 4.68 Å². The van der Waals surface area contributed by atoms with E-state index in [1.54, 1.807) is 6.07 Å². The molecule has 3 aliphatic carbocycles. The van der Waals surface area contributed by atoms with Gasteiger partial charge in [-0.1, -0.05) is 77.8 Å². The number of nitrogens with zero attached hydrogens (tertiary/aromatic N) is 2. The number of fused-ring (bicyclic) bond motifs is 1. The second kappa shape index (κ2) is 8.25. The van der Waals surface area contributed by atoms with Crippen LogP contribution in [0.4, 0.5) is 0 Å². The van der Waals surface area contributed by atoms with Gasteiger partial charge in [-0.05, 0) is 61.6 Å². The summed E-state index contributed by atoms with van der Waals surface area (Å²) in [5.41, 5.74) is 6.39. The van der Waals surface area contributed by atoms with Crippen molar-refractivity contribution in [2.24, 2.45) is 0 Å². The molecule has 0 aliphatic heterocycles. The molecule has 1 aromatic heterocycles. The highest BCUT2D eigenvalue weighted by atomic mass is 35.5. The van der Waals surface area contributed by atoms with Crippen LogP contribution in [-0.4, -0.2) is 15.7 Å². The predicted molar refractivity (Wildman–Crippen MR) is 140 cm³/mol. The van der Waals surface area contributed by atoms with E-state index in [0.29, 0.717) is 15.7 Å². The molecule has 3 aliphatic rings. The lowest BCUT2D eigenvalue weighted by Gasteiger charge is -2.39. The Balaban J connectivity index is 1.51. The van der Waals surface area contributed by atoms with Gasteiger partial charge in [-0.15, -0.1) is 0 Å². The van der Waals surface area contributed by atoms with Crippen LogP contribution in [0.3, 0.4) is 0 Å². The van der Waals surface area contributed by atoms with Crippen molar-refractivity contribution in [1.82, 2.24) is 15.1 Å². The maximum Gasteiger partial charge on any atom is 0.272 e. The first-order valence-electron chi connectivity index (χ1n) is 11.9. The van der Waals surface area contributed by atoms with Crippen LogP contribution in [0.25, 0.3) is 5.69 Å². The molecule has 1 heterocycles. The molecule has 0 spiro atoms. The Bertz CT molecular complexity index is 1460. The van der Waals surface area contributed by atoms with Crippen LogP contribution in [-0.2, 0) is 5.54 Å². The van der Waals surface area contributed by atoms with E-state index in [4.69, 9.17) is 28.3 Å². The molecule has 0 saturated heterocycles. The topological polar surface area (TPSA) is 46.9 Å². The monoisotopic (exact) mass is 501 g/mol. The van der Waals surface area contributed by atoms with E-state index >= 15 is 0 Å². The summed E-state index contributed by atoms with van der Waals surface area (Å²) in [5.74, 6) is 0.115. The van der Waals surface area contributed by atoms with Crippen molar-refractivity contribution in [3.8, 4) is 5.69 Å². The Morgan fingerprint density at radius 2 is 1.60 bits per heavy atom. The minimum absolute atomic E-state index is 0.131. The highest BCUT2D eigenvalue weighted by Gasteiger charge is 2.44. The minimum atomic E-state index is -0.557. The van der Waals surface area contributed by atoms with E-state index in [0.717, 1.165) is 35.3 Å². The first kappa shape index (κ1) is 22.4. The fraction of sp³-hybridized carbons (Fsp3) is 0.241. The van der Waals surface area contributed by atoms with E-state index in [1.807, 2.05) is 61.0 Å². The Kier molecular flexibility index (Phi) is 5.28. The third-order valence-corrected chi connectivity index (χ3v) is 7.94. The van der Waals surface area contributed by atoms with Gasteiger partial charge in [0.15, 0.2) is 5.69 Å². The summed E-state index contributed by atoms with van der Waals surface area (Å²) in [6.45, 7) is 4.03. The first-order chi connectivity index (χ1) is 16.8. The Hall–Kier alpha value is -3.08. The molecule has 4 aromatic rings. The van der Waals surface area contributed by atoms with Gasteiger partial charge in [-0.3, -0.25) is 4.79 Å². The number of hydrogen-bond donors (Lipinski definition) is 1. The number of rotatable bonds is 4. The summed E-state index contributed by atoms with van der Waals surface area (Å²) in [4.78, 5) is 13.8. The maximum atomic E-state index is 13.8. The van der Waals surface area contributed by atoms with E-state index in [-0.39, 0.29) is 17.7 Å². The zero-order valence-corrected chi connectivity index (χ0v) is 21.1. The third-order valence-electron chi connectivity index (χ3n) is 7.40. The number of amides is 1. The van der Waals surface area contributed by atoms with Crippen LogP contribution < -0.4 is 5.32 Å². The highest BCUT2D eigenvalue weighted by Crippen LogP contribution is 2.54. The predicted octanol–water partition coefficient (Wildman–Crippen LogP) is 7.22. The smallest absolute Gasteiger partial charge is 0.272 e. The van der Waals surface area contributed by atoms with Crippen molar-refractivity contribution < 1.29 is 4.79 Å². The van der Waals surface area contributed by atoms with E-state index < -0.39 is 5.54 Å². The quantitative estimate of drug-likeness (QED) is 0.320. The molecule has 4 nitrogen and oxygen atoms in total. The van der Waals surface area contributed by atoms with Crippen LogP contribution >= 0.6 is 23.2 Å². The molecule has 3 aromatic carbocycles. The summed E-state index contributed by atoms with van der Waals surface area (Å²) in [5, 5.41) is 9.25. The summed E-state index contributed by atoms with van der Waals surface area (Å²) >= 11 is 12.8. The summed E-state index contributed by atoms with van der Waals surface area (Å²) in [6, 6.07) is 24.0. The first-order valence-corrected chi connectivity index (χ1v) is 12.7. The molecule has 0 saturated carbocycles. The zero-order valence-electron chi connectivity index (χ0n) is 19.6. The lowest BCUT2D eigenvalue weighted by molar-refractivity contribution is 0.0905. The molecular weight excluding hydrogens is 477 g/mol. The van der Waals surface area contributed by atoms with Crippen LogP contribution in [0.15, 0.2) is 72.8 Å². The molecule has 2 unspecified atom stereocenters. The average Bonchev–Trinajstić information content (AvgIpc) is 3.27. The van der Waals surface area contributed by atoms with Crippen molar-refractivity contribution in [3.05, 3.63) is 116 Å². The number of carbonyl (C=O) groups excluding carboxylic acids is 1. The second-order valence-electron chi connectivity index (χ2n) is 9.91. The van der Waals surface area contributed by atoms with Crippen LogP contribution in [0.1, 0.15) is 77.0 Å². The number of halogens is 2. The standard InChI is InChI=1S/C29H25Cl2N3O/c1-29(2,17-8-4-3-5-9-17)32-28(35)26-25-21-13-14-22(20-11-7-6-10-19(20)21)27(25)34(33-26)24-15-12-18(30)16-23(24)31/h3-12,15-16,21-22H,13-14H2,1-2H3,(H,32,35). The Morgan fingerprint density at radius 1 is 0.943 bits per heavy atom. The number of hydrogen-bond acceptors (Lipinski definition) is 2. The fourth-order valence-corrected chi connectivity index (χ4v) is 6.26. The molecule has 7 rings (SSSR count). The summed E-state index contributed by atoms with van der Waals surface area (Å²) in [7, 11) is 0. The number of nitrogens with one attached hydrogen (secondary N) is 1. The average molecular weight is 502 g/mol. The van der Waals surface area contributed by atoms with Gasteiger partial charge in [0.25, 0.3) is 5.91 Å². The van der Waals surface area contributed by atoms with Gasteiger partial charge in [0, 0.05) is 22.4 Å². The van der Waals surface area contributed by atoms with E-state index in [1.165, 1.54) is 11.1 Å². The number of carbonyl (C=O) groups is 1. The van der Waals surface area contributed by atoms with Crippen molar-refractivity contribution in [3.63, 3.8) is 0 Å². The molecule has 2 bridgehead atoms. The minimum Gasteiger partial charge on any atom is -0.342 e. The Morgan fingerprint density at radius 3 is 2.31 bits per heavy atom. The van der Waals surface area contributed by atoms with Gasteiger partial charge < -0.3 is 5.32 Å². The molecule has 2 atom stereocenters. The normalized spacial score (nSPS) is 18.2. The van der Waals surface area contributed by atoms with Crippen molar-refractivity contribution in [2.75, 3.05) is 0 Å². The molecule has 35 heavy (non-hydrogen) atoms. The van der Waals surface area contributed by atoms with Gasteiger partial charge in [0.1, 0.15) is 0 Å². The number of aromatic nitrogens is 2. The SMILES string of the molecule is CC(C)(NC(=O)c1nn(-c2ccc(Cl)cc2Cl)c2c1C1CCC2c2ccccc21)c1ccccc1. The number of benzene rings is 3. The van der Waals surface area contributed by atoms with Crippen LogP contribution in [0.2, 0.25) is 10.0 Å². The van der Waals surface area contributed by atoms with E-state index in [2.05, 4.69) is 29.6 Å². The highest BCUT2D eigenvalue weighted by molar-refractivity contribution is 6.35. The zero-order chi connectivity index (χ0) is 24.3. The molecule has 1 amide bonds. The molecule has 176 valence electrons. The van der Waals surface area contributed by atoms with Gasteiger partial charge in [-0.2, -0.15) is 5.10 Å². The molecule has 1 N–H and O–H groups in total. The Labute approximate surface area is 214 Å². The largest absolute Gasteiger partial charge is 0.342 e. The molecule has 0 fully saturated rings. The maximum absolute atomic E-state index is 13.8. The third kappa shape index (κ3) is 3.59. The van der Waals surface area contributed by atoms with Crippen molar-refractivity contribution in [2.45, 2.75) is 44.1 Å². The van der Waals surface area contributed by atoms with E-state index in [9.17, 15) is 4.79 Å². The van der Waals surface area contributed by atoms with Crippen LogP contribution in [0, 0.1) is 0 Å². The van der Waals surface area contributed by atoms with Crippen LogP contribution in [0.5, 0.6) is 0 Å². The van der Waals surface area contributed by atoms with Gasteiger partial charge in [0.05, 0.1) is 21.9 Å². The second-order valence-corrected chi connectivity index (χ2v) is 10.8. The van der Waals surface area contributed by atoms with Crippen molar-refractivity contribution >= 4 is 29.1 Å². The molecular formula is C29H25Cl2N3O. The summed E-state index contributed by atoms with van der Waals surface area (Å²) in [6.07, 6.45) is 2.01. The fourth-order valence-electron chi connectivity index (χ4n) is 5.77. The molecule has 0 radical (unpaired) electrons. The van der Waals surface area contributed by atoms with Crippen molar-refractivity contribution in [1.29, 1.82) is 0 Å². The lowest BCUT2D eigenvalue weighted by atomic mass is 9.65. The van der Waals surface area contributed by atoms with Gasteiger partial charge in [0.2, 0.25) is 0 Å².